The maximum absolute atomic E-state index is 5.59. The van der Waals surface area contributed by atoms with Crippen molar-refractivity contribution in [3.8, 4) is 11.3 Å². The van der Waals surface area contributed by atoms with Gasteiger partial charge in [0.2, 0.25) is 0 Å². The number of aryl methyl sites for hydroxylation is 2. The Morgan fingerprint density at radius 2 is 2.00 bits per heavy atom. The first-order valence-corrected chi connectivity index (χ1v) is 5.37. The van der Waals surface area contributed by atoms with E-state index in [0.29, 0.717) is 16.1 Å². The Morgan fingerprint density at radius 3 is 2.53 bits per heavy atom. The summed E-state index contributed by atoms with van der Waals surface area (Å²) in [7, 11) is 0. The van der Waals surface area contributed by atoms with Gasteiger partial charge in [0, 0.05) is 5.56 Å². The van der Waals surface area contributed by atoms with Crippen LogP contribution in [-0.4, -0.2) is 5.16 Å². The summed E-state index contributed by atoms with van der Waals surface area (Å²) < 4.78 is 5.87. The van der Waals surface area contributed by atoms with Crippen molar-refractivity contribution in [1.29, 1.82) is 0 Å². The van der Waals surface area contributed by atoms with E-state index in [1.54, 1.807) is 0 Å². The van der Waals surface area contributed by atoms with Gasteiger partial charge in [-0.2, -0.15) is 0 Å². The van der Waals surface area contributed by atoms with Crippen molar-refractivity contribution in [2.24, 2.45) is 0 Å². The fourth-order valence-electron chi connectivity index (χ4n) is 1.35. The highest BCUT2D eigenvalue weighted by Crippen LogP contribution is 2.33. The van der Waals surface area contributed by atoms with Crippen LogP contribution in [0.25, 0.3) is 11.3 Å². The van der Waals surface area contributed by atoms with Crippen LogP contribution in [-0.2, 0) is 0 Å². The van der Waals surface area contributed by atoms with Crippen molar-refractivity contribution >= 4 is 21.7 Å². The number of nitrogens with two attached hydrogens (primary N) is 1. The van der Waals surface area contributed by atoms with E-state index in [1.165, 1.54) is 11.1 Å². The summed E-state index contributed by atoms with van der Waals surface area (Å²) in [6, 6.07) is 6.10. The van der Waals surface area contributed by atoms with E-state index in [1.807, 2.05) is 6.07 Å². The number of hydrogen-bond donors (Lipinski definition) is 1. The maximum Gasteiger partial charge on any atom is 0.183 e. The van der Waals surface area contributed by atoms with Crippen LogP contribution in [0.15, 0.2) is 27.2 Å². The van der Waals surface area contributed by atoms with E-state index in [0.717, 1.165) is 5.56 Å². The summed E-state index contributed by atoms with van der Waals surface area (Å²) >= 11 is 3.35. The molecule has 0 saturated heterocycles. The van der Waals surface area contributed by atoms with Gasteiger partial charge in [-0.3, -0.25) is 0 Å². The van der Waals surface area contributed by atoms with Gasteiger partial charge in [-0.05, 0) is 47.0 Å². The maximum atomic E-state index is 5.59. The third-order valence-electron chi connectivity index (χ3n) is 2.43. The molecule has 2 aromatic rings. The van der Waals surface area contributed by atoms with E-state index in [9.17, 15) is 0 Å². The van der Waals surface area contributed by atoms with Crippen LogP contribution in [0.2, 0.25) is 0 Å². The number of benzene rings is 1. The zero-order valence-electron chi connectivity index (χ0n) is 8.54. The molecule has 3 nitrogen and oxygen atoms in total. The van der Waals surface area contributed by atoms with Gasteiger partial charge in [0.25, 0.3) is 0 Å². The topological polar surface area (TPSA) is 52.0 Å². The van der Waals surface area contributed by atoms with Crippen LogP contribution in [0, 0.1) is 13.8 Å². The Balaban J connectivity index is 2.55. The number of nitrogen functional groups attached to an aromatic ring is 1. The number of rotatable bonds is 1. The van der Waals surface area contributed by atoms with E-state index < -0.39 is 0 Å². The van der Waals surface area contributed by atoms with Crippen molar-refractivity contribution in [1.82, 2.24) is 5.16 Å². The molecule has 0 fully saturated rings. The van der Waals surface area contributed by atoms with Crippen molar-refractivity contribution in [3.05, 3.63) is 33.8 Å². The molecule has 78 valence electrons. The van der Waals surface area contributed by atoms with Crippen molar-refractivity contribution in [3.63, 3.8) is 0 Å². The fraction of sp³-hybridized carbons (Fsp3) is 0.182. The molecular formula is C11H11BrN2O. The standard InChI is InChI=1S/C11H11BrN2O/c1-6-3-4-8(5-7(6)2)10-9(12)11(13)14-15-10/h3-5H,1-2H3,(H2,13,14). The third kappa shape index (κ3) is 1.77. The predicted molar refractivity (Wildman–Crippen MR) is 63.5 cm³/mol. The van der Waals surface area contributed by atoms with Crippen molar-refractivity contribution in [2.45, 2.75) is 13.8 Å². The average Bonchev–Trinajstić information content (AvgIpc) is 2.53. The molecule has 0 aliphatic carbocycles. The lowest BCUT2D eigenvalue weighted by Gasteiger charge is -2.02. The van der Waals surface area contributed by atoms with Gasteiger partial charge >= 0.3 is 0 Å². The zero-order valence-corrected chi connectivity index (χ0v) is 10.1. The molecule has 2 rings (SSSR count). The first-order chi connectivity index (χ1) is 7.09. The van der Waals surface area contributed by atoms with Gasteiger partial charge in [-0.15, -0.1) is 0 Å². The molecule has 4 heteroatoms. The first-order valence-electron chi connectivity index (χ1n) is 4.58. The lowest BCUT2D eigenvalue weighted by Crippen LogP contribution is -1.84. The molecule has 0 aliphatic heterocycles. The molecule has 1 heterocycles. The molecule has 15 heavy (non-hydrogen) atoms. The van der Waals surface area contributed by atoms with Crippen LogP contribution < -0.4 is 5.73 Å². The van der Waals surface area contributed by atoms with Crippen molar-refractivity contribution < 1.29 is 4.52 Å². The summed E-state index contributed by atoms with van der Waals surface area (Å²) in [4.78, 5) is 0. The molecule has 0 saturated carbocycles. The van der Waals surface area contributed by atoms with E-state index in [4.69, 9.17) is 10.3 Å². The van der Waals surface area contributed by atoms with Gasteiger partial charge in [-0.25, -0.2) is 0 Å². The second kappa shape index (κ2) is 3.70. The van der Waals surface area contributed by atoms with Crippen molar-refractivity contribution in [2.75, 3.05) is 5.73 Å². The smallest absolute Gasteiger partial charge is 0.183 e. The Labute approximate surface area is 96.4 Å². The molecule has 0 aliphatic rings. The quantitative estimate of drug-likeness (QED) is 0.862. The number of anilines is 1. The van der Waals surface area contributed by atoms with Crippen LogP contribution in [0.1, 0.15) is 11.1 Å². The van der Waals surface area contributed by atoms with Crippen LogP contribution >= 0.6 is 15.9 Å². The highest BCUT2D eigenvalue weighted by Gasteiger charge is 2.13. The van der Waals surface area contributed by atoms with Crippen LogP contribution in [0.5, 0.6) is 0 Å². The lowest BCUT2D eigenvalue weighted by atomic mass is 10.1. The number of nitrogens with zero attached hydrogens (tertiary/aromatic N) is 1. The monoisotopic (exact) mass is 266 g/mol. The fourth-order valence-corrected chi connectivity index (χ4v) is 1.73. The highest BCUT2D eigenvalue weighted by atomic mass is 79.9. The molecule has 0 radical (unpaired) electrons. The Bertz CT molecular complexity index is 505. The van der Waals surface area contributed by atoms with Gasteiger partial charge in [0.1, 0.15) is 4.47 Å². The lowest BCUT2D eigenvalue weighted by molar-refractivity contribution is 0.435. The molecule has 0 spiro atoms. The van der Waals surface area contributed by atoms with Crippen LogP contribution in [0.3, 0.4) is 0 Å². The number of halogens is 1. The van der Waals surface area contributed by atoms with E-state index >= 15 is 0 Å². The van der Waals surface area contributed by atoms with Gasteiger partial charge < -0.3 is 10.3 Å². The molecule has 0 bridgehead atoms. The van der Waals surface area contributed by atoms with E-state index in [2.05, 4.69) is 47.1 Å². The largest absolute Gasteiger partial charge is 0.380 e. The summed E-state index contributed by atoms with van der Waals surface area (Å²) in [6.45, 7) is 4.13. The summed E-state index contributed by atoms with van der Waals surface area (Å²) in [5.74, 6) is 1.05. The van der Waals surface area contributed by atoms with Crippen LogP contribution in [0.4, 0.5) is 5.82 Å². The number of hydrogen-bond acceptors (Lipinski definition) is 3. The highest BCUT2D eigenvalue weighted by molar-refractivity contribution is 9.10. The first kappa shape index (κ1) is 10.2. The SMILES string of the molecule is Cc1ccc(-c2onc(N)c2Br)cc1C. The van der Waals surface area contributed by atoms with Gasteiger partial charge in [-0.1, -0.05) is 17.3 Å². The van der Waals surface area contributed by atoms with E-state index in [-0.39, 0.29) is 0 Å². The second-order valence-corrected chi connectivity index (χ2v) is 4.30. The summed E-state index contributed by atoms with van der Waals surface area (Å²) in [5, 5.41) is 3.70. The average molecular weight is 267 g/mol. The zero-order chi connectivity index (χ0) is 11.0. The molecule has 0 amide bonds. The Hall–Kier alpha value is -1.29. The molecule has 0 atom stereocenters. The van der Waals surface area contributed by atoms with Gasteiger partial charge in [0.15, 0.2) is 11.6 Å². The Kier molecular flexibility index (Phi) is 2.52. The number of aromatic nitrogens is 1. The summed E-state index contributed by atoms with van der Waals surface area (Å²) in [5.41, 5.74) is 9.04. The minimum Gasteiger partial charge on any atom is -0.380 e. The molecular weight excluding hydrogens is 256 g/mol. The van der Waals surface area contributed by atoms with Gasteiger partial charge in [0.05, 0.1) is 0 Å². The Morgan fingerprint density at radius 1 is 1.27 bits per heavy atom. The second-order valence-electron chi connectivity index (χ2n) is 3.51. The normalized spacial score (nSPS) is 10.6. The minimum absolute atomic E-state index is 0.378. The third-order valence-corrected chi connectivity index (χ3v) is 3.19. The molecule has 1 aromatic carbocycles. The predicted octanol–water partition coefficient (Wildman–Crippen LogP) is 3.30. The molecule has 2 N–H and O–H groups in total. The molecule has 1 aromatic heterocycles. The summed E-state index contributed by atoms with van der Waals surface area (Å²) in [6.07, 6.45) is 0. The molecule has 0 unspecified atom stereocenters. The minimum atomic E-state index is 0.378.